The second-order valence-electron chi connectivity index (χ2n) is 6.08. The average molecular weight is 336 g/mol. The standard InChI is InChI=1S/C15H20N4O3S/c1-18-9-10-23-14(18)16-11(20)5-4-8-19-12(21)15(17-13(19)22)6-2-3-7-15/h9-10H,2-8H2,1H3,(H,17,22). The van der Waals surface area contributed by atoms with Crippen molar-refractivity contribution in [1.82, 2.24) is 14.8 Å². The number of nitrogens with zero attached hydrogens (tertiary/aromatic N) is 3. The van der Waals surface area contributed by atoms with Crippen molar-refractivity contribution in [2.75, 3.05) is 6.54 Å². The Morgan fingerprint density at radius 3 is 2.78 bits per heavy atom. The van der Waals surface area contributed by atoms with Crippen LogP contribution in [0.1, 0.15) is 38.5 Å². The number of thiazole rings is 1. The van der Waals surface area contributed by atoms with Gasteiger partial charge >= 0.3 is 6.03 Å². The molecule has 1 N–H and O–H groups in total. The molecule has 8 heteroatoms. The first-order valence-electron chi connectivity index (χ1n) is 7.84. The number of nitrogens with one attached hydrogen (secondary N) is 1. The lowest BCUT2D eigenvalue weighted by Crippen LogP contribution is -2.44. The number of urea groups is 1. The molecule has 2 aliphatic rings. The Kier molecular flexibility index (Phi) is 4.34. The molecule has 0 aromatic carbocycles. The number of aryl methyl sites for hydroxylation is 1. The third-order valence-electron chi connectivity index (χ3n) is 4.46. The van der Waals surface area contributed by atoms with Crippen molar-refractivity contribution in [1.29, 1.82) is 0 Å². The average Bonchev–Trinajstić information content (AvgIpc) is 3.18. The highest BCUT2D eigenvalue weighted by molar-refractivity contribution is 7.07. The van der Waals surface area contributed by atoms with Crippen LogP contribution in [0.4, 0.5) is 4.79 Å². The lowest BCUT2D eigenvalue weighted by atomic mass is 9.98. The summed E-state index contributed by atoms with van der Waals surface area (Å²) in [5, 5.41) is 4.70. The normalized spacial score (nSPS) is 20.6. The molecule has 3 rings (SSSR count). The van der Waals surface area contributed by atoms with Gasteiger partial charge in [0.15, 0.2) is 4.80 Å². The molecular formula is C15H20N4O3S. The van der Waals surface area contributed by atoms with Gasteiger partial charge < -0.3 is 9.88 Å². The fourth-order valence-electron chi connectivity index (χ4n) is 3.18. The van der Waals surface area contributed by atoms with E-state index >= 15 is 0 Å². The van der Waals surface area contributed by atoms with Crippen LogP contribution in [0.25, 0.3) is 0 Å². The van der Waals surface area contributed by atoms with Crippen LogP contribution in [0, 0.1) is 0 Å². The number of hydrogen-bond donors (Lipinski definition) is 1. The predicted octanol–water partition coefficient (Wildman–Crippen LogP) is 1.16. The molecule has 0 atom stereocenters. The van der Waals surface area contributed by atoms with E-state index in [0.717, 1.165) is 25.7 Å². The molecule has 2 heterocycles. The molecule has 0 radical (unpaired) electrons. The lowest BCUT2D eigenvalue weighted by molar-refractivity contribution is -0.131. The van der Waals surface area contributed by atoms with E-state index in [0.29, 0.717) is 11.2 Å². The molecule has 4 amide bonds. The van der Waals surface area contributed by atoms with Gasteiger partial charge in [0.25, 0.3) is 5.91 Å². The van der Waals surface area contributed by atoms with Crippen molar-refractivity contribution in [2.45, 2.75) is 44.1 Å². The summed E-state index contributed by atoms with van der Waals surface area (Å²) in [7, 11) is 1.83. The maximum atomic E-state index is 12.4. The van der Waals surface area contributed by atoms with E-state index < -0.39 is 5.54 Å². The van der Waals surface area contributed by atoms with E-state index in [-0.39, 0.29) is 30.8 Å². The molecule has 1 aromatic heterocycles. The third-order valence-corrected chi connectivity index (χ3v) is 5.30. The van der Waals surface area contributed by atoms with Crippen LogP contribution < -0.4 is 10.1 Å². The molecule has 7 nitrogen and oxygen atoms in total. The highest BCUT2D eigenvalue weighted by Gasteiger charge is 2.51. The van der Waals surface area contributed by atoms with Crippen LogP contribution in [0.15, 0.2) is 16.6 Å². The molecule has 23 heavy (non-hydrogen) atoms. The van der Waals surface area contributed by atoms with Crippen LogP contribution >= 0.6 is 11.3 Å². The Hall–Kier alpha value is -1.96. The topological polar surface area (TPSA) is 83.8 Å². The zero-order valence-corrected chi connectivity index (χ0v) is 13.9. The SMILES string of the molecule is Cn1ccsc1=NC(=O)CCCN1C(=O)NC2(CCCC2)C1=O. The van der Waals surface area contributed by atoms with Gasteiger partial charge in [-0.05, 0) is 19.3 Å². The molecule has 1 saturated heterocycles. The van der Waals surface area contributed by atoms with Gasteiger partial charge in [0.1, 0.15) is 5.54 Å². The summed E-state index contributed by atoms with van der Waals surface area (Å²) < 4.78 is 1.78. The Morgan fingerprint density at radius 1 is 1.39 bits per heavy atom. The number of aromatic nitrogens is 1. The Bertz CT molecular complexity index is 700. The molecule has 0 bridgehead atoms. The second kappa shape index (κ2) is 6.27. The zero-order chi connectivity index (χ0) is 16.4. The smallest absolute Gasteiger partial charge is 0.325 e. The monoisotopic (exact) mass is 336 g/mol. The lowest BCUT2D eigenvalue weighted by Gasteiger charge is -2.19. The Balaban J connectivity index is 1.55. The van der Waals surface area contributed by atoms with Crippen molar-refractivity contribution in [3.63, 3.8) is 0 Å². The number of carbonyl (C=O) groups excluding carboxylic acids is 3. The van der Waals surface area contributed by atoms with E-state index in [1.807, 2.05) is 18.6 Å². The summed E-state index contributed by atoms with van der Waals surface area (Å²) in [6, 6.07) is -0.328. The van der Waals surface area contributed by atoms with Gasteiger partial charge in [-0.15, -0.1) is 11.3 Å². The first-order chi connectivity index (χ1) is 11.0. The van der Waals surface area contributed by atoms with E-state index in [1.165, 1.54) is 16.2 Å². The second-order valence-corrected chi connectivity index (χ2v) is 6.95. The van der Waals surface area contributed by atoms with Gasteiger partial charge in [0.05, 0.1) is 0 Å². The summed E-state index contributed by atoms with van der Waals surface area (Å²) in [4.78, 5) is 42.3. The molecule has 1 spiro atoms. The maximum absolute atomic E-state index is 12.4. The fraction of sp³-hybridized carbons (Fsp3) is 0.600. The van der Waals surface area contributed by atoms with Crippen molar-refractivity contribution < 1.29 is 14.4 Å². The van der Waals surface area contributed by atoms with Gasteiger partial charge in [0.2, 0.25) is 5.91 Å². The highest BCUT2D eigenvalue weighted by Crippen LogP contribution is 2.35. The number of carbonyl (C=O) groups is 3. The number of amides is 4. The van der Waals surface area contributed by atoms with Gasteiger partial charge in [-0.1, -0.05) is 12.8 Å². The molecular weight excluding hydrogens is 316 g/mol. The minimum atomic E-state index is -0.670. The molecule has 1 saturated carbocycles. The van der Waals surface area contributed by atoms with Crippen LogP contribution in [0.3, 0.4) is 0 Å². The summed E-state index contributed by atoms with van der Waals surface area (Å²) in [5.74, 6) is -0.361. The minimum Gasteiger partial charge on any atom is -0.327 e. The predicted molar refractivity (Wildman–Crippen MR) is 84.5 cm³/mol. The molecule has 1 aliphatic heterocycles. The van der Waals surface area contributed by atoms with Crippen LogP contribution in [0.5, 0.6) is 0 Å². The van der Waals surface area contributed by atoms with E-state index in [2.05, 4.69) is 10.3 Å². The molecule has 124 valence electrons. The summed E-state index contributed by atoms with van der Waals surface area (Å²) >= 11 is 1.40. The molecule has 1 aromatic rings. The van der Waals surface area contributed by atoms with Crippen LogP contribution in [0.2, 0.25) is 0 Å². The van der Waals surface area contributed by atoms with Crippen LogP contribution in [-0.2, 0) is 16.6 Å². The number of imide groups is 1. The first-order valence-corrected chi connectivity index (χ1v) is 8.72. The quantitative estimate of drug-likeness (QED) is 0.838. The number of rotatable bonds is 4. The molecule has 0 unspecified atom stereocenters. The molecule has 1 aliphatic carbocycles. The summed E-state index contributed by atoms with van der Waals surface area (Å²) in [6.45, 7) is 0.268. The Labute approximate surface area is 138 Å². The van der Waals surface area contributed by atoms with Gasteiger partial charge in [-0.3, -0.25) is 14.5 Å². The van der Waals surface area contributed by atoms with Gasteiger partial charge in [-0.2, -0.15) is 4.99 Å². The van der Waals surface area contributed by atoms with Gasteiger partial charge in [0, 0.05) is 31.6 Å². The Morgan fingerprint density at radius 2 is 2.13 bits per heavy atom. The van der Waals surface area contributed by atoms with E-state index in [4.69, 9.17) is 0 Å². The summed E-state index contributed by atoms with van der Waals surface area (Å²) in [5.41, 5.74) is -0.670. The summed E-state index contributed by atoms with van der Waals surface area (Å²) in [6.07, 6.45) is 5.87. The fourth-order valence-corrected chi connectivity index (χ4v) is 3.93. The maximum Gasteiger partial charge on any atom is 0.325 e. The van der Waals surface area contributed by atoms with E-state index in [9.17, 15) is 14.4 Å². The van der Waals surface area contributed by atoms with Crippen molar-refractivity contribution in [3.8, 4) is 0 Å². The zero-order valence-electron chi connectivity index (χ0n) is 13.1. The third kappa shape index (κ3) is 3.08. The highest BCUT2D eigenvalue weighted by atomic mass is 32.1. The largest absolute Gasteiger partial charge is 0.327 e. The van der Waals surface area contributed by atoms with Crippen molar-refractivity contribution >= 4 is 29.2 Å². The van der Waals surface area contributed by atoms with Crippen molar-refractivity contribution in [3.05, 3.63) is 16.4 Å². The molecule has 2 fully saturated rings. The minimum absolute atomic E-state index is 0.131. The van der Waals surface area contributed by atoms with Crippen LogP contribution in [-0.4, -0.2) is 39.4 Å². The van der Waals surface area contributed by atoms with Crippen molar-refractivity contribution in [2.24, 2.45) is 12.0 Å². The van der Waals surface area contributed by atoms with Gasteiger partial charge in [-0.25, -0.2) is 4.79 Å². The number of hydrogen-bond acceptors (Lipinski definition) is 4. The van der Waals surface area contributed by atoms with E-state index in [1.54, 1.807) is 4.57 Å². The first kappa shape index (κ1) is 15.9.